The summed E-state index contributed by atoms with van der Waals surface area (Å²) in [6.07, 6.45) is 2.68. The summed E-state index contributed by atoms with van der Waals surface area (Å²) in [5, 5.41) is 4.24. The van der Waals surface area contributed by atoms with Crippen LogP contribution in [0.4, 0.5) is 0 Å². The van der Waals surface area contributed by atoms with Crippen LogP contribution in [0.25, 0.3) is 0 Å². The van der Waals surface area contributed by atoms with E-state index in [4.69, 9.17) is 23.2 Å². The first-order chi connectivity index (χ1) is 14.3. The Morgan fingerprint density at radius 1 is 1.07 bits per heavy atom. The average molecular weight is 469 g/mol. The number of nitrogens with one attached hydrogen (secondary N) is 1. The Morgan fingerprint density at radius 2 is 1.80 bits per heavy atom. The zero-order valence-electron chi connectivity index (χ0n) is 16.7. The molecule has 0 bridgehead atoms. The Bertz CT molecular complexity index is 974. The zero-order chi connectivity index (χ0) is 21.6. The minimum absolute atomic E-state index is 0.000970. The van der Waals surface area contributed by atoms with E-state index in [-0.39, 0.29) is 17.6 Å². The molecule has 2 aromatic carbocycles. The number of piperidine rings is 1. The van der Waals surface area contributed by atoms with Crippen molar-refractivity contribution in [1.82, 2.24) is 9.62 Å². The van der Waals surface area contributed by atoms with Crippen molar-refractivity contribution < 1.29 is 13.2 Å². The third-order valence-corrected chi connectivity index (χ3v) is 7.79. The molecule has 162 valence electrons. The number of aryl methyl sites for hydroxylation is 1. The molecule has 1 amide bonds. The summed E-state index contributed by atoms with van der Waals surface area (Å²) in [5.41, 5.74) is 1.74. The molecule has 8 heteroatoms. The summed E-state index contributed by atoms with van der Waals surface area (Å²) in [6.45, 7) is 1.30. The number of carbonyl (C=O) groups is 1. The van der Waals surface area contributed by atoms with Crippen LogP contribution in [0, 0.1) is 5.92 Å². The van der Waals surface area contributed by atoms with Crippen LogP contribution in [0.5, 0.6) is 0 Å². The maximum atomic E-state index is 12.7. The number of hydrogen-bond acceptors (Lipinski definition) is 3. The molecule has 0 radical (unpaired) electrons. The molecule has 1 heterocycles. The van der Waals surface area contributed by atoms with E-state index >= 15 is 0 Å². The minimum Gasteiger partial charge on any atom is -0.356 e. The van der Waals surface area contributed by atoms with Crippen LogP contribution in [-0.4, -0.2) is 38.3 Å². The molecular formula is C22H26Cl2N2O3S. The highest BCUT2D eigenvalue weighted by Crippen LogP contribution is 2.23. The third kappa shape index (κ3) is 6.45. The summed E-state index contributed by atoms with van der Waals surface area (Å²) in [4.78, 5) is 12.4. The molecule has 0 unspecified atom stereocenters. The van der Waals surface area contributed by atoms with Crippen molar-refractivity contribution in [2.24, 2.45) is 5.92 Å². The predicted octanol–water partition coefficient (Wildman–Crippen LogP) is 4.28. The smallest absolute Gasteiger partial charge is 0.223 e. The van der Waals surface area contributed by atoms with E-state index in [1.807, 2.05) is 24.3 Å². The van der Waals surface area contributed by atoms with Gasteiger partial charge in [0.05, 0.1) is 5.75 Å². The number of nitrogens with zero attached hydrogens (tertiary/aromatic N) is 1. The number of halogens is 2. The SMILES string of the molecule is O=C(NCCCc1ccccc1Cl)C1CCN(S(=O)(=O)Cc2cccc(Cl)c2)CC1. The first-order valence-electron chi connectivity index (χ1n) is 10.1. The molecular weight excluding hydrogens is 443 g/mol. The van der Waals surface area contributed by atoms with Crippen molar-refractivity contribution in [3.8, 4) is 0 Å². The van der Waals surface area contributed by atoms with Gasteiger partial charge in [-0.15, -0.1) is 0 Å². The Balaban J connectivity index is 1.42. The maximum Gasteiger partial charge on any atom is 0.223 e. The lowest BCUT2D eigenvalue weighted by molar-refractivity contribution is -0.126. The van der Waals surface area contributed by atoms with E-state index in [0.29, 0.717) is 43.1 Å². The highest BCUT2D eigenvalue weighted by molar-refractivity contribution is 7.88. The summed E-state index contributed by atoms with van der Waals surface area (Å²) >= 11 is 12.1. The highest BCUT2D eigenvalue weighted by atomic mass is 35.5. The van der Waals surface area contributed by atoms with Gasteiger partial charge in [-0.05, 0) is 55.0 Å². The fraction of sp³-hybridized carbons (Fsp3) is 0.409. The summed E-state index contributed by atoms with van der Waals surface area (Å²) < 4.78 is 26.9. The molecule has 0 saturated carbocycles. The van der Waals surface area contributed by atoms with Crippen LogP contribution in [0.3, 0.4) is 0 Å². The van der Waals surface area contributed by atoms with E-state index in [1.54, 1.807) is 24.3 Å². The van der Waals surface area contributed by atoms with E-state index in [1.165, 1.54) is 4.31 Å². The number of hydrogen-bond donors (Lipinski definition) is 1. The number of rotatable bonds is 8. The van der Waals surface area contributed by atoms with Gasteiger partial charge in [0, 0.05) is 35.6 Å². The van der Waals surface area contributed by atoms with Crippen molar-refractivity contribution in [3.05, 3.63) is 69.7 Å². The molecule has 1 aliphatic rings. The van der Waals surface area contributed by atoms with E-state index in [2.05, 4.69) is 5.32 Å². The molecule has 1 aliphatic heterocycles. The van der Waals surface area contributed by atoms with Crippen LogP contribution in [0.2, 0.25) is 10.0 Å². The van der Waals surface area contributed by atoms with Gasteiger partial charge in [-0.3, -0.25) is 4.79 Å². The Morgan fingerprint density at radius 3 is 2.50 bits per heavy atom. The van der Waals surface area contributed by atoms with Crippen molar-refractivity contribution in [1.29, 1.82) is 0 Å². The summed E-state index contributed by atoms with van der Waals surface area (Å²) in [5.74, 6) is -0.226. The highest BCUT2D eigenvalue weighted by Gasteiger charge is 2.31. The summed E-state index contributed by atoms with van der Waals surface area (Å²) in [7, 11) is -3.43. The lowest BCUT2D eigenvalue weighted by Gasteiger charge is -2.30. The quantitative estimate of drug-likeness (QED) is 0.587. The zero-order valence-corrected chi connectivity index (χ0v) is 19.0. The fourth-order valence-corrected chi connectivity index (χ4v) is 5.65. The normalized spacial score (nSPS) is 15.8. The predicted molar refractivity (Wildman–Crippen MR) is 121 cm³/mol. The molecule has 1 fully saturated rings. The molecule has 30 heavy (non-hydrogen) atoms. The molecule has 1 N–H and O–H groups in total. The molecule has 2 aromatic rings. The first kappa shape index (κ1) is 23.1. The summed E-state index contributed by atoms with van der Waals surface area (Å²) in [6, 6.07) is 14.6. The molecule has 0 atom stereocenters. The standard InChI is InChI=1S/C22H26Cl2N2O3S/c23-20-8-3-5-17(15-20)16-30(28,29)26-13-10-19(11-14-26)22(27)25-12-4-7-18-6-1-2-9-21(18)24/h1-3,5-6,8-9,15,19H,4,7,10-14,16H2,(H,25,27). The second-order valence-electron chi connectivity index (χ2n) is 7.55. The second-order valence-corrected chi connectivity index (χ2v) is 10.4. The minimum atomic E-state index is -3.43. The second kappa shape index (κ2) is 10.6. The van der Waals surface area contributed by atoms with E-state index < -0.39 is 10.0 Å². The Labute approximate surface area is 188 Å². The monoisotopic (exact) mass is 468 g/mol. The lowest BCUT2D eigenvalue weighted by atomic mass is 9.97. The van der Waals surface area contributed by atoms with Gasteiger partial charge in [0.2, 0.25) is 15.9 Å². The number of benzene rings is 2. The van der Waals surface area contributed by atoms with E-state index in [9.17, 15) is 13.2 Å². The van der Waals surface area contributed by atoms with Crippen LogP contribution < -0.4 is 5.32 Å². The van der Waals surface area contributed by atoms with Gasteiger partial charge in [0.15, 0.2) is 0 Å². The maximum absolute atomic E-state index is 12.7. The lowest BCUT2D eigenvalue weighted by Crippen LogP contribution is -2.43. The van der Waals surface area contributed by atoms with Gasteiger partial charge < -0.3 is 5.32 Å². The number of amides is 1. The van der Waals surface area contributed by atoms with Gasteiger partial charge in [0.1, 0.15) is 0 Å². The molecule has 0 aromatic heterocycles. The molecule has 0 aliphatic carbocycles. The van der Waals surface area contributed by atoms with Crippen LogP contribution in [-0.2, 0) is 27.0 Å². The van der Waals surface area contributed by atoms with E-state index in [0.717, 1.165) is 23.4 Å². The number of carbonyl (C=O) groups excluding carboxylic acids is 1. The molecule has 5 nitrogen and oxygen atoms in total. The molecule has 1 saturated heterocycles. The fourth-order valence-electron chi connectivity index (χ4n) is 3.66. The molecule has 3 rings (SSSR count). The van der Waals surface area contributed by atoms with Crippen LogP contribution in [0.15, 0.2) is 48.5 Å². The van der Waals surface area contributed by atoms with Gasteiger partial charge in [-0.25, -0.2) is 12.7 Å². The van der Waals surface area contributed by atoms with Crippen LogP contribution >= 0.6 is 23.2 Å². The third-order valence-electron chi connectivity index (χ3n) is 5.34. The average Bonchev–Trinajstić information content (AvgIpc) is 2.72. The van der Waals surface area contributed by atoms with Gasteiger partial charge in [0.25, 0.3) is 0 Å². The van der Waals surface area contributed by atoms with Gasteiger partial charge in [-0.2, -0.15) is 0 Å². The van der Waals surface area contributed by atoms with Crippen molar-refractivity contribution in [2.75, 3.05) is 19.6 Å². The Hall–Kier alpha value is -1.60. The number of sulfonamides is 1. The topological polar surface area (TPSA) is 66.5 Å². The van der Waals surface area contributed by atoms with Gasteiger partial charge >= 0.3 is 0 Å². The van der Waals surface area contributed by atoms with Crippen molar-refractivity contribution >= 4 is 39.1 Å². The molecule has 0 spiro atoms. The largest absolute Gasteiger partial charge is 0.356 e. The van der Waals surface area contributed by atoms with Crippen molar-refractivity contribution in [3.63, 3.8) is 0 Å². The first-order valence-corrected chi connectivity index (χ1v) is 12.4. The van der Waals surface area contributed by atoms with Crippen molar-refractivity contribution in [2.45, 2.75) is 31.4 Å². The van der Waals surface area contributed by atoms with Gasteiger partial charge in [-0.1, -0.05) is 53.5 Å². The van der Waals surface area contributed by atoms with Crippen LogP contribution in [0.1, 0.15) is 30.4 Å². The Kier molecular flexibility index (Phi) is 8.17.